The van der Waals surface area contributed by atoms with Gasteiger partial charge in [0, 0.05) is 6.54 Å². The number of carbonyl (C=O) groups is 1. The van der Waals surface area contributed by atoms with E-state index in [-0.39, 0.29) is 11.6 Å². The summed E-state index contributed by atoms with van der Waals surface area (Å²) in [6.07, 6.45) is 2.26. The van der Waals surface area contributed by atoms with Crippen molar-refractivity contribution in [1.29, 1.82) is 0 Å². The Balaban J connectivity index is 2.25. The van der Waals surface area contributed by atoms with E-state index in [1.54, 1.807) is 6.92 Å². The molecule has 0 radical (unpaired) electrons. The van der Waals surface area contributed by atoms with Crippen molar-refractivity contribution < 1.29 is 13.6 Å². The molecule has 2 N–H and O–H groups in total. The van der Waals surface area contributed by atoms with Crippen LogP contribution in [-0.2, 0) is 4.79 Å². The molecule has 3 nitrogen and oxygen atoms in total. The summed E-state index contributed by atoms with van der Waals surface area (Å²) in [7, 11) is 0. The van der Waals surface area contributed by atoms with Gasteiger partial charge in [0.15, 0.2) is 5.82 Å². The molecule has 0 saturated carbocycles. The molecule has 5 heteroatoms. The summed E-state index contributed by atoms with van der Waals surface area (Å²) in [5.74, 6) is -1.75. The summed E-state index contributed by atoms with van der Waals surface area (Å²) in [4.78, 5) is 12.5. The van der Waals surface area contributed by atoms with Crippen molar-refractivity contribution in [1.82, 2.24) is 5.32 Å². The van der Waals surface area contributed by atoms with Crippen molar-refractivity contribution in [3.05, 3.63) is 29.3 Å². The van der Waals surface area contributed by atoms with Gasteiger partial charge in [-0.25, -0.2) is 8.78 Å². The van der Waals surface area contributed by atoms with Crippen molar-refractivity contribution in [2.45, 2.75) is 33.1 Å². The average Bonchev–Trinajstić information content (AvgIpc) is 2.48. The number of hydrogen-bond donors (Lipinski definition) is 2. The van der Waals surface area contributed by atoms with Crippen LogP contribution in [0, 0.1) is 24.0 Å². The Bertz CT molecular complexity index is 511. The lowest BCUT2D eigenvalue weighted by molar-refractivity contribution is -0.126. The lowest BCUT2D eigenvalue weighted by atomic mass is 9.77. The van der Waals surface area contributed by atoms with Crippen molar-refractivity contribution in [2.24, 2.45) is 5.41 Å². The van der Waals surface area contributed by atoms with Gasteiger partial charge < -0.3 is 10.6 Å². The molecule has 1 atom stereocenters. The normalized spacial score (nSPS) is 22.6. The first-order valence-electron chi connectivity index (χ1n) is 6.97. The maximum absolute atomic E-state index is 13.9. The monoisotopic (exact) mass is 282 g/mol. The second kappa shape index (κ2) is 5.87. The van der Waals surface area contributed by atoms with Gasteiger partial charge in [0.05, 0.1) is 5.41 Å². The topological polar surface area (TPSA) is 41.1 Å². The number of nitrogens with one attached hydrogen (secondary N) is 2. The van der Waals surface area contributed by atoms with Crippen LogP contribution in [0.5, 0.6) is 0 Å². The first-order valence-corrected chi connectivity index (χ1v) is 6.97. The maximum Gasteiger partial charge on any atom is 0.232 e. The lowest BCUT2D eigenvalue weighted by Gasteiger charge is -2.35. The van der Waals surface area contributed by atoms with E-state index in [9.17, 15) is 13.6 Å². The summed E-state index contributed by atoms with van der Waals surface area (Å²) in [5.41, 5.74) is -0.608. The Labute approximate surface area is 117 Å². The Morgan fingerprint density at radius 3 is 2.80 bits per heavy atom. The van der Waals surface area contributed by atoms with Crippen LogP contribution in [0.15, 0.2) is 12.1 Å². The molecule has 1 heterocycles. The summed E-state index contributed by atoms with van der Waals surface area (Å²) >= 11 is 0. The van der Waals surface area contributed by atoms with Crippen LogP contribution in [0.25, 0.3) is 0 Å². The Kier molecular flexibility index (Phi) is 4.38. The van der Waals surface area contributed by atoms with Gasteiger partial charge >= 0.3 is 0 Å². The van der Waals surface area contributed by atoms with Gasteiger partial charge in [-0.05, 0) is 44.4 Å². The highest BCUT2D eigenvalue weighted by molar-refractivity contribution is 5.95. The number of hydrogen-bond acceptors (Lipinski definition) is 2. The molecule has 1 amide bonds. The van der Waals surface area contributed by atoms with E-state index in [0.29, 0.717) is 18.5 Å². The summed E-state index contributed by atoms with van der Waals surface area (Å²) in [5, 5.41) is 5.64. The minimum Gasteiger partial charge on any atom is -0.321 e. The smallest absolute Gasteiger partial charge is 0.232 e. The number of carbonyl (C=O) groups excluding carboxylic acids is 1. The zero-order valence-corrected chi connectivity index (χ0v) is 11.9. The fourth-order valence-electron chi connectivity index (χ4n) is 2.64. The number of halogens is 2. The quantitative estimate of drug-likeness (QED) is 0.895. The third-order valence-electron chi connectivity index (χ3n) is 4.15. The van der Waals surface area contributed by atoms with Crippen LogP contribution in [0.3, 0.4) is 0 Å². The fourth-order valence-corrected chi connectivity index (χ4v) is 2.64. The van der Waals surface area contributed by atoms with E-state index in [1.165, 1.54) is 12.1 Å². The van der Waals surface area contributed by atoms with Crippen LogP contribution >= 0.6 is 0 Å². The van der Waals surface area contributed by atoms with Gasteiger partial charge in [0.25, 0.3) is 0 Å². The van der Waals surface area contributed by atoms with Crippen LogP contribution in [0.4, 0.5) is 14.5 Å². The van der Waals surface area contributed by atoms with Gasteiger partial charge in [-0.2, -0.15) is 0 Å². The first kappa shape index (κ1) is 14.9. The van der Waals surface area contributed by atoms with E-state index in [0.717, 1.165) is 19.4 Å². The molecule has 1 unspecified atom stereocenters. The van der Waals surface area contributed by atoms with Gasteiger partial charge in [-0.1, -0.05) is 13.0 Å². The summed E-state index contributed by atoms with van der Waals surface area (Å²) in [6, 6.07) is 2.53. The maximum atomic E-state index is 13.9. The number of amides is 1. The van der Waals surface area contributed by atoms with E-state index in [1.807, 2.05) is 6.92 Å². The fraction of sp³-hybridized carbons (Fsp3) is 0.533. The second-order valence-electron chi connectivity index (χ2n) is 5.42. The molecule has 1 aromatic carbocycles. The van der Waals surface area contributed by atoms with Crippen molar-refractivity contribution >= 4 is 11.6 Å². The Hall–Kier alpha value is -1.49. The highest BCUT2D eigenvalue weighted by atomic mass is 19.1. The number of anilines is 1. The third-order valence-corrected chi connectivity index (χ3v) is 4.15. The van der Waals surface area contributed by atoms with E-state index >= 15 is 0 Å². The molecule has 1 fully saturated rings. The molecule has 0 aliphatic carbocycles. The van der Waals surface area contributed by atoms with E-state index in [4.69, 9.17) is 0 Å². The number of piperidine rings is 1. The summed E-state index contributed by atoms with van der Waals surface area (Å²) < 4.78 is 27.7. The number of aryl methyl sites for hydroxylation is 1. The molecule has 1 aromatic rings. The van der Waals surface area contributed by atoms with Gasteiger partial charge in [-0.3, -0.25) is 4.79 Å². The Morgan fingerprint density at radius 2 is 2.20 bits per heavy atom. The van der Waals surface area contributed by atoms with Crippen molar-refractivity contribution in [3.63, 3.8) is 0 Å². The number of rotatable bonds is 3. The highest BCUT2D eigenvalue weighted by Crippen LogP contribution is 2.32. The SMILES string of the molecule is CCC1(C(=O)Nc2c(F)ccc(C)c2F)CCCNC1. The van der Waals surface area contributed by atoms with Gasteiger partial charge in [0.2, 0.25) is 5.91 Å². The van der Waals surface area contributed by atoms with Crippen molar-refractivity contribution in [3.8, 4) is 0 Å². The zero-order valence-electron chi connectivity index (χ0n) is 11.9. The van der Waals surface area contributed by atoms with E-state index in [2.05, 4.69) is 10.6 Å². The Morgan fingerprint density at radius 1 is 1.45 bits per heavy atom. The molecule has 0 spiro atoms. The van der Waals surface area contributed by atoms with Gasteiger partial charge in [0.1, 0.15) is 11.5 Å². The second-order valence-corrected chi connectivity index (χ2v) is 5.42. The predicted octanol–water partition coefficient (Wildman–Crippen LogP) is 2.99. The van der Waals surface area contributed by atoms with Crippen LogP contribution in [-0.4, -0.2) is 19.0 Å². The molecule has 1 aliphatic rings. The van der Waals surface area contributed by atoms with E-state index < -0.39 is 17.0 Å². The standard InChI is InChI=1S/C15H20F2N2O/c1-3-15(7-4-8-18-9-15)14(20)19-13-11(16)6-5-10(2)12(13)17/h5-6,18H,3-4,7-9H2,1-2H3,(H,19,20). The average molecular weight is 282 g/mol. The summed E-state index contributed by atoms with van der Waals surface area (Å²) in [6.45, 7) is 4.89. The predicted molar refractivity (Wildman–Crippen MR) is 74.6 cm³/mol. The van der Waals surface area contributed by atoms with Crippen molar-refractivity contribution in [2.75, 3.05) is 18.4 Å². The minimum absolute atomic E-state index is 0.310. The third kappa shape index (κ3) is 2.68. The van der Waals surface area contributed by atoms with Crippen LogP contribution in [0.2, 0.25) is 0 Å². The molecule has 110 valence electrons. The molecule has 1 aliphatic heterocycles. The first-order chi connectivity index (χ1) is 9.50. The highest BCUT2D eigenvalue weighted by Gasteiger charge is 2.38. The molecule has 2 rings (SSSR count). The van der Waals surface area contributed by atoms with Crippen LogP contribution < -0.4 is 10.6 Å². The molecular weight excluding hydrogens is 262 g/mol. The van der Waals surface area contributed by atoms with Gasteiger partial charge in [-0.15, -0.1) is 0 Å². The molecule has 20 heavy (non-hydrogen) atoms. The molecular formula is C15H20F2N2O. The largest absolute Gasteiger partial charge is 0.321 e. The lowest BCUT2D eigenvalue weighted by Crippen LogP contribution is -2.47. The minimum atomic E-state index is -0.739. The molecule has 0 aromatic heterocycles. The molecule has 1 saturated heterocycles. The zero-order chi connectivity index (χ0) is 14.8. The number of benzene rings is 1. The van der Waals surface area contributed by atoms with Crippen LogP contribution in [0.1, 0.15) is 31.7 Å². The molecule has 0 bridgehead atoms.